The maximum absolute atomic E-state index is 10.4. The van der Waals surface area contributed by atoms with Crippen molar-refractivity contribution in [1.29, 1.82) is 0 Å². The number of aldehydes is 1. The van der Waals surface area contributed by atoms with Gasteiger partial charge in [0, 0.05) is 17.8 Å². The van der Waals surface area contributed by atoms with Crippen LogP contribution >= 0.6 is 0 Å². The minimum Gasteiger partial charge on any atom is -0.323 e. The number of hydrogen-bond acceptors (Lipinski definition) is 3. The highest BCUT2D eigenvalue weighted by molar-refractivity contribution is 5.73. The summed E-state index contributed by atoms with van der Waals surface area (Å²) >= 11 is 0. The molecule has 0 radical (unpaired) electrons. The predicted octanol–water partition coefficient (Wildman–Crippen LogP) is 2.08. The number of hydrogen-bond donors (Lipinski definition) is 1. The van der Waals surface area contributed by atoms with E-state index in [9.17, 15) is 4.79 Å². The van der Waals surface area contributed by atoms with Gasteiger partial charge in [0.2, 0.25) is 0 Å². The first-order valence-electron chi connectivity index (χ1n) is 4.94. The molecule has 1 aromatic rings. The van der Waals surface area contributed by atoms with Crippen molar-refractivity contribution >= 4 is 6.29 Å². The van der Waals surface area contributed by atoms with Crippen molar-refractivity contribution in [3.05, 3.63) is 29.6 Å². The summed E-state index contributed by atoms with van der Waals surface area (Å²) in [6.45, 7) is 2.13. The molecule has 76 valence electrons. The number of carbonyl (C=O) groups excluding carboxylic acids is 1. The molecule has 0 saturated carbocycles. The van der Waals surface area contributed by atoms with Gasteiger partial charge >= 0.3 is 0 Å². The fourth-order valence-corrected chi connectivity index (χ4v) is 1.28. The lowest BCUT2D eigenvalue weighted by molar-refractivity contribution is 0.112. The maximum Gasteiger partial charge on any atom is 0.151 e. The SMILES string of the molecule is CCCC[C@@H](N)c1ccc(C=O)cn1. The van der Waals surface area contributed by atoms with Crippen LogP contribution in [0.1, 0.15) is 48.3 Å². The molecule has 2 N–H and O–H groups in total. The van der Waals surface area contributed by atoms with Gasteiger partial charge < -0.3 is 5.73 Å². The molecule has 0 aliphatic carbocycles. The van der Waals surface area contributed by atoms with Gasteiger partial charge in [-0.25, -0.2) is 0 Å². The van der Waals surface area contributed by atoms with E-state index in [-0.39, 0.29) is 6.04 Å². The second-order valence-electron chi connectivity index (χ2n) is 3.38. The maximum atomic E-state index is 10.4. The first-order valence-corrected chi connectivity index (χ1v) is 4.94. The number of nitrogens with zero attached hydrogens (tertiary/aromatic N) is 1. The van der Waals surface area contributed by atoms with E-state index in [4.69, 9.17) is 5.73 Å². The van der Waals surface area contributed by atoms with Crippen molar-refractivity contribution in [3.63, 3.8) is 0 Å². The third kappa shape index (κ3) is 2.92. The predicted molar refractivity (Wildman–Crippen MR) is 56.1 cm³/mol. The number of pyridine rings is 1. The number of nitrogens with two attached hydrogens (primary N) is 1. The van der Waals surface area contributed by atoms with Crippen LogP contribution in [-0.2, 0) is 0 Å². The average Bonchev–Trinajstić information content (AvgIpc) is 2.26. The fourth-order valence-electron chi connectivity index (χ4n) is 1.28. The summed E-state index contributed by atoms with van der Waals surface area (Å²) in [5.41, 5.74) is 7.38. The normalized spacial score (nSPS) is 12.4. The molecular formula is C11H16N2O. The van der Waals surface area contributed by atoms with Crippen LogP contribution in [0.2, 0.25) is 0 Å². The summed E-state index contributed by atoms with van der Waals surface area (Å²) in [5.74, 6) is 0. The Bertz CT molecular complexity index is 282. The zero-order valence-corrected chi connectivity index (χ0v) is 8.44. The summed E-state index contributed by atoms with van der Waals surface area (Å²) in [6.07, 6.45) is 5.55. The summed E-state index contributed by atoms with van der Waals surface area (Å²) in [4.78, 5) is 14.5. The number of unbranched alkanes of at least 4 members (excludes halogenated alkanes) is 1. The molecule has 1 rings (SSSR count). The Balaban J connectivity index is 2.61. The van der Waals surface area contributed by atoms with Crippen LogP contribution in [-0.4, -0.2) is 11.3 Å². The van der Waals surface area contributed by atoms with E-state index < -0.39 is 0 Å². The lowest BCUT2D eigenvalue weighted by Gasteiger charge is -2.09. The van der Waals surface area contributed by atoms with Gasteiger partial charge in [0.15, 0.2) is 6.29 Å². The van der Waals surface area contributed by atoms with Crippen molar-refractivity contribution in [2.24, 2.45) is 5.73 Å². The van der Waals surface area contributed by atoms with E-state index in [0.717, 1.165) is 31.2 Å². The summed E-state index contributed by atoms with van der Waals surface area (Å²) in [7, 11) is 0. The zero-order chi connectivity index (χ0) is 10.4. The van der Waals surface area contributed by atoms with Crippen LogP contribution < -0.4 is 5.73 Å². The Morgan fingerprint density at radius 2 is 2.36 bits per heavy atom. The van der Waals surface area contributed by atoms with Gasteiger partial charge in [-0.3, -0.25) is 9.78 Å². The van der Waals surface area contributed by atoms with E-state index in [0.29, 0.717) is 5.56 Å². The molecule has 0 unspecified atom stereocenters. The smallest absolute Gasteiger partial charge is 0.151 e. The molecule has 14 heavy (non-hydrogen) atoms. The quantitative estimate of drug-likeness (QED) is 0.727. The molecule has 0 aromatic carbocycles. The molecule has 1 heterocycles. The molecule has 1 atom stereocenters. The van der Waals surface area contributed by atoms with Gasteiger partial charge in [0.1, 0.15) is 0 Å². The Kier molecular flexibility index (Phi) is 4.26. The molecule has 0 fully saturated rings. The number of aromatic nitrogens is 1. The summed E-state index contributed by atoms with van der Waals surface area (Å²) < 4.78 is 0. The van der Waals surface area contributed by atoms with Crippen LogP contribution in [0.5, 0.6) is 0 Å². The van der Waals surface area contributed by atoms with Crippen molar-refractivity contribution < 1.29 is 4.79 Å². The fraction of sp³-hybridized carbons (Fsp3) is 0.455. The number of carbonyl (C=O) groups is 1. The lowest BCUT2D eigenvalue weighted by Crippen LogP contribution is -2.11. The highest BCUT2D eigenvalue weighted by Gasteiger charge is 2.05. The second kappa shape index (κ2) is 5.50. The highest BCUT2D eigenvalue weighted by atomic mass is 16.1. The van der Waals surface area contributed by atoms with E-state index in [1.54, 1.807) is 12.3 Å². The first kappa shape index (κ1) is 10.9. The van der Waals surface area contributed by atoms with E-state index in [2.05, 4.69) is 11.9 Å². The third-order valence-electron chi connectivity index (χ3n) is 2.19. The summed E-state index contributed by atoms with van der Waals surface area (Å²) in [6, 6.07) is 3.57. The van der Waals surface area contributed by atoms with E-state index in [1.807, 2.05) is 6.07 Å². The molecule has 0 spiro atoms. The van der Waals surface area contributed by atoms with Gasteiger partial charge in [0.05, 0.1) is 5.69 Å². The minimum atomic E-state index is -0.00403. The second-order valence-corrected chi connectivity index (χ2v) is 3.38. The first-order chi connectivity index (χ1) is 6.77. The Hall–Kier alpha value is -1.22. The minimum absolute atomic E-state index is 0.00403. The third-order valence-corrected chi connectivity index (χ3v) is 2.19. The lowest BCUT2D eigenvalue weighted by atomic mass is 10.1. The topological polar surface area (TPSA) is 56.0 Å². The largest absolute Gasteiger partial charge is 0.323 e. The van der Waals surface area contributed by atoms with Crippen LogP contribution in [0.4, 0.5) is 0 Å². The highest BCUT2D eigenvalue weighted by Crippen LogP contribution is 2.14. The Morgan fingerprint density at radius 1 is 1.57 bits per heavy atom. The van der Waals surface area contributed by atoms with Crippen molar-refractivity contribution in [2.45, 2.75) is 32.2 Å². The molecule has 0 bridgehead atoms. The van der Waals surface area contributed by atoms with Crippen molar-refractivity contribution in [2.75, 3.05) is 0 Å². The number of rotatable bonds is 5. The van der Waals surface area contributed by atoms with Gasteiger partial charge in [-0.2, -0.15) is 0 Å². The Labute approximate surface area is 84.3 Å². The summed E-state index contributed by atoms with van der Waals surface area (Å²) in [5, 5.41) is 0. The molecule has 3 heteroatoms. The van der Waals surface area contributed by atoms with Gasteiger partial charge in [-0.15, -0.1) is 0 Å². The van der Waals surface area contributed by atoms with Crippen LogP contribution in [0, 0.1) is 0 Å². The molecule has 0 amide bonds. The molecule has 0 aliphatic heterocycles. The van der Waals surface area contributed by atoms with Gasteiger partial charge in [0.25, 0.3) is 0 Å². The monoisotopic (exact) mass is 192 g/mol. The molecule has 3 nitrogen and oxygen atoms in total. The standard InChI is InChI=1S/C11H16N2O/c1-2-3-4-10(12)11-6-5-9(8-14)7-13-11/h5-8,10H,2-4,12H2,1H3/t10-/m1/s1. The van der Waals surface area contributed by atoms with Gasteiger partial charge in [-0.1, -0.05) is 19.8 Å². The molecule has 0 aliphatic rings. The van der Waals surface area contributed by atoms with Crippen LogP contribution in [0.25, 0.3) is 0 Å². The molecule has 1 aromatic heterocycles. The van der Waals surface area contributed by atoms with E-state index >= 15 is 0 Å². The zero-order valence-electron chi connectivity index (χ0n) is 8.44. The molecule has 0 saturated heterocycles. The molecular weight excluding hydrogens is 176 g/mol. The van der Waals surface area contributed by atoms with E-state index in [1.165, 1.54) is 0 Å². The van der Waals surface area contributed by atoms with Crippen LogP contribution in [0.15, 0.2) is 18.3 Å². The van der Waals surface area contributed by atoms with Crippen molar-refractivity contribution in [3.8, 4) is 0 Å². The van der Waals surface area contributed by atoms with Crippen molar-refractivity contribution in [1.82, 2.24) is 4.98 Å². The average molecular weight is 192 g/mol. The van der Waals surface area contributed by atoms with Gasteiger partial charge in [-0.05, 0) is 18.6 Å². The van der Waals surface area contributed by atoms with Crippen LogP contribution in [0.3, 0.4) is 0 Å². The Morgan fingerprint density at radius 3 is 2.86 bits per heavy atom.